The number of carbonyl (C=O) groups excluding carboxylic acids is 2. The molecule has 0 unspecified atom stereocenters. The lowest BCUT2D eigenvalue weighted by Gasteiger charge is -2.14. The molecule has 0 spiro atoms. The van der Waals surface area contributed by atoms with Crippen molar-refractivity contribution < 1.29 is 41.4 Å². The summed E-state index contributed by atoms with van der Waals surface area (Å²) < 4.78 is 70.5. The van der Waals surface area contributed by atoms with Gasteiger partial charge in [0.2, 0.25) is 0 Å². The molecule has 0 radical (unpaired) electrons. The van der Waals surface area contributed by atoms with Crippen LogP contribution in [0.15, 0.2) is 48.2 Å². The highest BCUT2D eigenvalue weighted by Gasteiger charge is 2.33. The molecule has 0 aromatic heterocycles. The second-order valence-corrected chi connectivity index (χ2v) is 6.09. The van der Waals surface area contributed by atoms with Crippen LogP contribution in [0, 0.1) is 11.6 Å². The van der Waals surface area contributed by atoms with Gasteiger partial charge in [-0.15, -0.1) is 0 Å². The highest BCUT2D eigenvalue weighted by Crippen LogP contribution is 2.35. The maximum Gasteiger partial charge on any atom is 0.416 e. The number of hydrogen-bond donors (Lipinski definition) is 2. The predicted molar refractivity (Wildman–Crippen MR) is 93.4 cm³/mol. The molecule has 1 heterocycles. The topological polar surface area (TPSA) is 78.9 Å². The third-order valence-electron chi connectivity index (χ3n) is 4.01. The fraction of sp³-hybridized carbons (Fsp3) is 0.158. The van der Waals surface area contributed by atoms with Crippen LogP contribution in [0.5, 0.6) is 11.5 Å². The summed E-state index contributed by atoms with van der Waals surface area (Å²) in [6.45, 7) is -0.544. The average Bonchev–Trinajstić information content (AvgIpc) is 2.93. The summed E-state index contributed by atoms with van der Waals surface area (Å²) in [4.78, 5) is 24.6. The third-order valence-corrected chi connectivity index (χ3v) is 4.01. The van der Waals surface area contributed by atoms with Gasteiger partial charge in [-0.25, -0.2) is 8.78 Å². The monoisotopic (exact) mass is 428 g/mol. The summed E-state index contributed by atoms with van der Waals surface area (Å²) >= 11 is 0. The highest BCUT2D eigenvalue weighted by molar-refractivity contribution is 6.17. The van der Waals surface area contributed by atoms with Crippen LogP contribution in [-0.2, 0) is 15.8 Å². The molecule has 1 aliphatic heterocycles. The van der Waals surface area contributed by atoms with Crippen LogP contribution in [0.25, 0.3) is 0 Å². The number of alkyl halides is 3. The van der Waals surface area contributed by atoms with E-state index in [0.717, 1.165) is 11.0 Å². The first-order valence-corrected chi connectivity index (χ1v) is 8.39. The minimum Gasteiger partial charge on any atom is -0.451 e. The van der Waals surface area contributed by atoms with Gasteiger partial charge in [-0.1, -0.05) is 0 Å². The number of nitrogens with one attached hydrogen (secondary N) is 1. The van der Waals surface area contributed by atoms with Gasteiger partial charge >= 0.3 is 6.18 Å². The molecule has 3 rings (SSSR count). The zero-order valence-electron chi connectivity index (χ0n) is 15.0. The fourth-order valence-corrected chi connectivity index (χ4v) is 2.61. The summed E-state index contributed by atoms with van der Waals surface area (Å²) in [7, 11) is 0. The summed E-state index contributed by atoms with van der Waals surface area (Å²) in [6.07, 6.45) is -3.86. The van der Waals surface area contributed by atoms with E-state index in [4.69, 9.17) is 9.84 Å². The number of rotatable bonds is 6. The zero-order chi connectivity index (χ0) is 22.1. The van der Waals surface area contributed by atoms with E-state index in [9.17, 15) is 31.5 Å². The third kappa shape index (κ3) is 4.40. The summed E-state index contributed by atoms with van der Waals surface area (Å²) in [5.74, 6) is -5.35. The van der Waals surface area contributed by atoms with Crippen molar-refractivity contribution in [3.8, 4) is 11.5 Å². The summed E-state index contributed by atoms with van der Waals surface area (Å²) in [6, 6.07) is 5.49. The maximum absolute atomic E-state index is 13.9. The number of aliphatic hydroxyl groups is 1. The van der Waals surface area contributed by atoms with Crippen molar-refractivity contribution >= 4 is 17.5 Å². The number of amides is 2. The normalized spacial score (nSPS) is 14.2. The summed E-state index contributed by atoms with van der Waals surface area (Å²) in [5, 5.41) is 11.6. The van der Waals surface area contributed by atoms with E-state index >= 15 is 0 Å². The maximum atomic E-state index is 13.9. The Balaban J connectivity index is 1.72. The minimum absolute atomic E-state index is 0.0399. The van der Waals surface area contributed by atoms with Gasteiger partial charge in [0, 0.05) is 11.8 Å². The van der Waals surface area contributed by atoms with Crippen LogP contribution in [0.4, 0.5) is 27.6 Å². The first kappa shape index (κ1) is 21.2. The number of anilines is 1. The van der Waals surface area contributed by atoms with Crippen molar-refractivity contribution in [2.75, 3.05) is 18.5 Å². The second kappa shape index (κ2) is 8.11. The van der Waals surface area contributed by atoms with Gasteiger partial charge in [0.25, 0.3) is 11.8 Å². The molecule has 158 valence electrons. The number of nitrogens with zero attached hydrogens (tertiary/aromatic N) is 1. The smallest absolute Gasteiger partial charge is 0.416 e. The Morgan fingerprint density at radius 1 is 1.03 bits per heavy atom. The van der Waals surface area contributed by atoms with Gasteiger partial charge in [-0.2, -0.15) is 13.2 Å². The first-order valence-electron chi connectivity index (χ1n) is 8.39. The van der Waals surface area contributed by atoms with E-state index in [1.807, 2.05) is 0 Å². The Hall–Kier alpha value is -3.47. The van der Waals surface area contributed by atoms with Crippen molar-refractivity contribution in [2.24, 2.45) is 0 Å². The number of aliphatic hydroxyl groups excluding tert-OH is 1. The van der Waals surface area contributed by atoms with E-state index < -0.39 is 40.9 Å². The molecule has 30 heavy (non-hydrogen) atoms. The number of hydrogen-bond acceptors (Lipinski definition) is 5. The largest absolute Gasteiger partial charge is 0.451 e. The van der Waals surface area contributed by atoms with E-state index in [-0.39, 0.29) is 36.7 Å². The number of β-amino-alcohol motifs (C(OH)–C–C–N with tert-alkyl or cyclic N) is 1. The van der Waals surface area contributed by atoms with Crippen molar-refractivity contribution in [2.45, 2.75) is 6.18 Å². The second-order valence-electron chi connectivity index (χ2n) is 6.09. The molecule has 0 aliphatic carbocycles. The fourth-order valence-electron chi connectivity index (χ4n) is 2.61. The molecule has 0 bridgehead atoms. The average molecular weight is 428 g/mol. The van der Waals surface area contributed by atoms with Gasteiger partial charge in [0.05, 0.1) is 18.7 Å². The Morgan fingerprint density at radius 2 is 1.63 bits per heavy atom. The number of imide groups is 1. The number of carbonyl (C=O) groups is 2. The van der Waals surface area contributed by atoms with Crippen LogP contribution in [-0.4, -0.2) is 35.0 Å². The van der Waals surface area contributed by atoms with E-state index in [1.165, 1.54) is 24.3 Å². The number of halogens is 5. The van der Waals surface area contributed by atoms with Crippen molar-refractivity contribution in [3.05, 3.63) is 65.4 Å². The molecule has 2 amide bonds. The van der Waals surface area contributed by atoms with Gasteiger partial charge in [-0.3, -0.25) is 14.5 Å². The zero-order valence-corrected chi connectivity index (χ0v) is 15.0. The molecule has 2 aromatic carbocycles. The Bertz CT molecular complexity index is 996. The molecule has 0 saturated carbocycles. The lowest BCUT2D eigenvalue weighted by molar-refractivity contribution is -0.138. The van der Waals surface area contributed by atoms with Crippen molar-refractivity contribution in [1.29, 1.82) is 0 Å². The Kier molecular flexibility index (Phi) is 5.74. The van der Waals surface area contributed by atoms with Gasteiger partial charge in [0.15, 0.2) is 17.4 Å². The molecule has 2 N–H and O–H groups in total. The minimum atomic E-state index is -4.91. The quantitative estimate of drug-likeness (QED) is 0.545. The molecule has 11 heteroatoms. The van der Waals surface area contributed by atoms with Gasteiger partial charge in [-0.05, 0) is 36.4 Å². The lowest BCUT2D eigenvalue weighted by Crippen LogP contribution is -2.34. The predicted octanol–water partition coefficient (Wildman–Crippen LogP) is 3.43. The van der Waals surface area contributed by atoms with Crippen LogP contribution in [0.3, 0.4) is 0 Å². The van der Waals surface area contributed by atoms with E-state index in [1.54, 1.807) is 0 Å². The molecular formula is C19H13F5N2O4. The number of ether oxygens (including phenoxy) is 1. The molecular weight excluding hydrogens is 415 g/mol. The standard InChI is InChI=1S/C19H13F5N2O4/c20-13-7-10(19(22,23)24)8-14(21)17(13)30-12-3-1-11(2-4-12)25-15-9-16(28)26(5-6-27)18(15)29/h1-4,7-9,25,27H,5-6H2. The SMILES string of the molecule is O=C1C=C(Nc2ccc(Oc3c(F)cc(C(F)(F)F)cc3F)cc2)C(=O)N1CCO. The molecule has 1 aliphatic rings. The van der Waals surface area contributed by atoms with Crippen LogP contribution >= 0.6 is 0 Å². The Labute approximate surface area is 166 Å². The highest BCUT2D eigenvalue weighted by atomic mass is 19.4. The molecule has 0 fully saturated rings. The lowest BCUT2D eigenvalue weighted by atomic mass is 10.2. The van der Waals surface area contributed by atoms with Crippen LogP contribution < -0.4 is 10.1 Å². The molecule has 6 nitrogen and oxygen atoms in total. The van der Waals surface area contributed by atoms with Gasteiger partial charge < -0.3 is 15.2 Å². The van der Waals surface area contributed by atoms with Crippen molar-refractivity contribution in [3.63, 3.8) is 0 Å². The van der Waals surface area contributed by atoms with Crippen LogP contribution in [0.2, 0.25) is 0 Å². The Morgan fingerprint density at radius 3 is 2.17 bits per heavy atom. The molecule has 0 atom stereocenters. The number of benzene rings is 2. The summed E-state index contributed by atoms with van der Waals surface area (Å²) in [5.41, 5.74) is -1.19. The molecule has 0 saturated heterocycles. The van der Waals surface area contributed by atoms with E-state index in [0.29, 0.717) is 5.69 Å². The first-order chi connectivity index (χ1) is 14.1. The van der Waals surface area contributed by atoms with Crippen molar-refractivity contribution in [1.82, 2.24) is 4.90 Å². The van der Waals surface area contributed by atoms with Crippen LogP contribution in [0.1, 0.15) is 5.56 Å². The van der Waals surface area contributed by atoms with Gasteiger partial charge in [0.1, 0.15) is 11.4 Å². The molecule has 2 aromatic rings. The van der Waals surface area contributed by atoms with E-state index in [2.05, 4.69) is 5.32 Å².